The highest BCUT2D eigenvalue weighted by atomic mass is 35.5. The fraction of sp³-hybridized carbons (Fsp3) is 0.278. The number of halogens is 1. The second kappa shape index (κ2) is 6.85. The van der Waals surface area contributed by atoms with Gasteiger partial charge in [-0.2, -0.15) is 0 Å². The van der Waals surface area contributed by atoms with E-state index >= 15 is 0 Å². The number of nitrogens with zero attached hydrogens (tertiary/aromatic N) is 1. The third-order valence-electron chi connectivity index (χ3n) is 3.94. The fourth-order valence-corrected chi connectivity index (χ4v) is 3.97. The highest BCUT2D eigenvalue weighted by Gasteiger charge is 2.23. The normalized spacial score (nSPS) is 16.6. The van der Waals surface area contributed by atoms with Gasteiger partial charge in [-0.15, -0.1) is 11.8 Å². The van der Waals surface area contributed by atoms with Crippen LogP contribution in [0, 0.1) is 0 Å². The molecule has 0 aromatic heterocycles. The van der Waals surface area contributed by atoms with E-state index in [1.807, 2.05) is 73.2 Å². The smallest absolute Gasteiger partial charge is 0.251 e. The van der Waals surface area contributed by atoms with E-state index in [9.17, 15) is 4.79 Å². The van der Waals surface area contributed by atoms with Crippen LogP contribution in [0.2, 0.25) is 5.02 Å². The molecule has 1 aliphatic rings. The summed E-state index contributed by atoms with van der Waals surface area (Å²) in [5, 5.41) is 3.86. The molecule has 0 aliphatic carbocycles. The first-order chi connectivity index (χ1) is 11.0. The number of carbonyl (C=O) groups is 1. The first kappa shape index (κ1) is 16.2. The molecule has 120 valence electrons. The number of benzene rings is 2. The first-order valence-corrected chi connectivity index (χ1v) is 8.91. The van der Waals surface area contributed by atoms with E-state index in [1.165, 1.54) is 4.90 Å². The second-order valence-corrected chi connectivity index (χ2v) is 7.36. The lowest BCUT2D eigenvalue weighted by Gasteiger charge is -2.26. The van der Waals surface area contributed by atoms with Crippen LogP contribution in [-0.4, -0.2) is 25.8 Å². The van der Waals surface area contributed by atoms with E-state index in [0.29, 0.717) is 10.6 Å². The molecular formula is C18H19ClN2OS. The molecule has 5 heteroatoms. The zero-order chi connectivity index (χ0) is 16.4. The molecule has 1 aliphatic heterocycles. The van der Waals surface area contributed by atoms with Crippen molar-refractivity contribution in [2.75, 3.05) is 24.7 Å². The van der Waals surface area contributed by atoms with Crippen molar-refractivity contribution in [2.45, 2.75) is 17.4 Å². The van der Waals surface area contributed by atoms with Gasteiger partial charge in [0.2, 0.25) is 0 Å². The molecule has 0 fully saturated rings. The summed E-state index contributed by atoms with van der Waals surface area (Å²) in [6, 6.07) is 13.6. The van der Waals surface area contributed by atoms with Gasteiger partial charge >= 0.3 is 0 Å². The number of fused-ring (bicyclic) bond motifs is 1. The number of amides is 1. The summed E-state index contributed by atoms with van der Waals surface area (Å²) in [6.07, 6.45) is 0.914. The summed E-state index contributed by atoms with van der Waals surface area (Å²) in [5.41, 5.74) is 2.81. The van der Waals surface area contributed by atoms with Crippen LogP contribution < -0.4 is 10.2 Å². The van der Waals surface area contributed by atoms with Gasteiger partial charge in [0.1, 0.15) is 0 Å². The topological polar surface area (TPSA) is 32.3 Å². The van der Waals surface area contributed by atoms with Crippen molar-refractivity contribution >= 4 is 35.0 Å². The van der Waals surface area contributed by atoms with Gasteiger partial charge < -0.3 is 10.2 Å². The van der Waals surface area contributed by atoms with Crippen LogP contribution in [0.25, 0.3) is 0 Å². The van der Waals surface area contributed by atoms with Crippen molar-refractivity contribution in [3.63, 3.8) is 0 Å². The fourth-order valence-electron chi connectivity index (χ4n) is 2.68. The van der Waals surface area contributed by atoms with Crippen LogP contribution in [0.3, 0.4) is 0 Å². The molecule has 2 aromatic carbocycles. The van der Waals surface area contributed by atoms with E-state index in [0.717, 1.165) is 23.4 Å². The molecule has 1 atom stereocenters. The average Bonchev–Trinajstić information content (AvgIpc) is 2.55. The molecule has 0 bridgehead atoms. The van der Waals surface area contributed by atoms with Crippen LogP contribution in [-0.2, 0) is 0 Å². The van der Waals surface area contributed by atoms with Crippen molar-refractivity contribution in [1.29, 1.82) is 0 Å². The molecule has 3 rings (SSSR count). The van der Waals surface area contributed by atoms with E-state index in [4.69, 9.17) is 11.6 Å². The molecule has 1 amide bonds. The molecule has 1 heterocycles. The van der Waals surface area contributed by atoms with Crippen LogP contribution in [0.15, 0.2) is 47.4 Å². The third kappa shape index (κ3) is 3.65. The van der Waals surface area contributed by atoms with Crippen LogP contribution in [0.1, 0.15) is 28.4 Å². The average molecular weight is 347 g/mol. The maximum Gasteiger partial charge on any atom is 0.251 e. The van der Waals surface area contributed by atoms with Crippen molar-refractivity contribution in [3.8, 4) is 0 Å². The Kier molecular flexibility index (Phi) is 4.83. The van der Waals surface area contributed by atoms with E-state index in [2.05, 4.69) is 5.32 Å². The van der Waals surface area contributed by atoms with Crippen LogP contribution in [0.4, 0.5) is 5.69 Å². The standard InChI is InChI=1S/C18H19ClN2OS/c1-21(2)14-5-3-4-12(10-14)18(22)20-16-8-9-23-17-7-6-13(19)11-15(16)17/h3-7,10-11,16H,8-9H2,1-2H3,(H,20,22). The zero-order valence-corrected chi connectivity index (χ0v) is 14.7. The maximum absolute atomic E-state index is 12.6. The minimum Gasteiger partial charge on any atom is -0.378 e. The Morgan fingerprint density at radius 2 is 2.09 bits per heavy atom. The van der Waals surface area contributed by atoms with Crippen molar-refractivity contribution in [3.05, 3.63) is 58.6 Å². The van der Waals surface area contributed by atoms with Crippen LogP contribution >= 0.6 is 23.4 Å². The Hall–Kier alpha value is -1.65. The summed E-state index contributed by atoms with van der Waals surface area (Å²) in [4.78, 5) is 15.8. The van der Waals surface area contributed by atoms with Crippen molar-refractivity contribution in [1.82, 2.24) is 5.32 Å². The summed E-state index contributed by atoms with van der Waals surface area (Å²) in [6.45, 7) is 0. The van der Waals surface area contributed by atoms with Gasteiger partial charge in [0.25, 0.3) is 5.91 Å². The number of thioether (sulfide) groups is 1. The lowest BCUT2D eigenvalue weighted by atomic mass is 10.0. The Morgan fingerprint density at radius 1 is 1.26 bits per heavy atom. The number of rotatable bonds is 3. The Balaban J connectivity index is 1.82. The van der Waals surface area contributed by atoms with Gasteiger partial charge in [-0.25, -0.2) is 0 Å². The SMILES string of the molecule is CN(C)c1cccc(C(=O)NC2CCSc3ccc(Cl)cc32)c1. The van der Waals surface area contributed by atoms with Gasteiger partial charge in [0.15, 0.2) is 0 Å². The lowest BCUT2D eigenvalue weighted by Crippen LogP contribution is -2.30. The van der Waals surface area contributed by atoms with Gasteiger partial charge in [0.05, 0.1) is 6.04 Å². The minimum atomic E-state index is -0.0449. The number of hydrogen-bond acceptors (Lipinski definition) is 3. The van der Waals surface area contributed by atoms with Gasteiger partial charge in [0, 0.05) is 41.0 Å². The number of nitrogens with one attached hydrogen (secondary N) is 1. The Labute approximate surface area is 146 Å². The van der Waals surface area contributed by atoms with E-state index in [-0.39, 0.29) is 11.9 Å². The molecule has 2 aromatic rings. The molecule has 3 nitrogen and oxygen atoms in total. The number of hydrogen-bond donors (Lipinski definition) is 1. The van der Waals surface area contributed by atoms with Crippen LogP contribution in [0.5, 0.6) is 0 Å². The third-order valence-corrected chi connectivity index (χ3v) is 5.30. The molecule has 0 saturated carbocycles. The molecule has 0 radical (unpaired) electrons. The van der Waals surface area contributed by atoms with Crippen molar-refractivity contribution < 1.29 is 4.79 Å². The summed E-state index contributed by atoms with van der Waals surface area (Å²) < 4.78 is 0. The quantitative estimate of drug-likeness (QED) is 0.895. The molecule has 1 N–H and O–H groups in total. The number of carbonyl (C=O) groups excluding carboxylic acids is 1. The van der Waals surface area contributed by atoms with E-state index in [1.54, 1.807) is 0 Å². The first-order valence-electron chi connectivity index (χ1n) is 7.55. The van der Waals surface area contributed by atoms with Gasteiger partial charge in [-0.3, -0.25) is 4.79 Å². The summed E-state index contributed by atoms with van der Waals surface area (Å²) in [5.74, 6) is 0.952. The Bertz CT molecular complexity index is 733. The summed E-state index contributed by atoms with van der Waals surface area (Å²) >= 11 is 7.94. The highest BCUT2D eigenvalue weighted by molar-refractivity contribution is 7.99. The predicted molar refractivity (Wildman–Crippen MR) is 97.8 cm³/mol. The van der Waals surface area contributed by atoms with Gasteiger partial charge in [-0.1, -0.05) is 17.7 Å². The Morgan fingerprint density at radius 3 is 2.87 bits per heavy atom. The molecule has 0 spiro atoms. The molecule has 1 unspecified atom stereocenters. The summed E-state index contributed by atoms with van der Waals surface area (Å²) in [7, 11) is 3.93. The van der Waals surface area contributed by atoms with E-state index < -0.39 is 0 Å². The maximum atomic E-state index is 12.6. The largest absolute Gasteiger partial charge is 0.378 e. The lowest BCUT2D eigenvalue weighted by molar-refractivity contribution is 0.0935. The molecule has 0 saturated heterocycles. The van der Waals surface area contributed by atoms with Gasteiger partial charge in [-0.05, 0) is 48.4 Å². The minimum absolute atomic E-state index is 0.0143. The second-order valence-electron chi connectivity index (χ2n) is 5.79. The zero-order valence-electron chi connectivity index (χ0n) is 13.2. The monoisotopic (exact) mass is 346 g/mol. The van der Waals surface area contributed by atoms with Crippen molar-refractivity contribution in [2.24, 2.45) is 0 Å². The molecule has 23 heavy (non-hydrogen) atoms. The predicted octanol–water partition coefficient (Wildman–Crippen LogP) is 4.37. The highest BCUT2D eigenvalue weighted by Crippen LogP contribution is 2.37. The molecular weight excluding hydrogens is 328 g/mol. The number of anilines is 1.